The minimum Gasteiger partial charge on any atom is -0.385 e. The van der Waals surface area contributed by atoms with Crippen LogP contribution in [0.25, 0.3) is 0 Å². The number of aromatic nitrogens is 2. The number of aromatic amines is 1. The zero-order valence-electron chi connectivity index (χ0n) is 17.5. The number of hydrogen-bond donors (Lipinski definition) is 2. The van der Waals surface area contributed by atoms with Crippen LogP contribution in [-0.4, -0.2) is 70.0 Å². The van der Waals surface area contributed by atoms with E-state index < -0.39 is 0 Å². The largest absolute Gasteiger partial charge is 0.385 e. The molecule has 2 aromatic rings. The predicted octanol–water partition coefficient (Wildman–Crippen LogP) is 2.59. The average molecular weight is 442 g/mol. The predicted molar refractivity (Wildman–Crippen MR) is 121 cm³/mol. The lowest BCUT2D eigenvalue weighted by molar-refractivity contribution is -0.0884. The summed E-state index contributed by atoms with van der Waals surface area (Å²) in [5, 5.41) is 16.2. The highest BCUT2D eigenvalue weighted by molar-refractivity contribution is 6.30. The first-order valence-corrected chi connectivity index (χ1v) is 11.3. The molecule has 8 nitrogen and oxygen atoms in total. The fourth-order valence-corrected chi connectivity index (χ4v) is 4.98. The molecule has 0 amide bonds. The van der Waals surface area contributed by atoms with Gasteiger partial charge in [-0.1, -0.05) is 23.7 Å². The molecule has 3 aliphatic heterocycles. The summed E-state index contributed by atoms with van der Waals surface area (Å²) in [6.45, 7) is 3.52. The van der Waals surface area contributed by atoms with Crippen molar-refractivity contribution in [2.75, 3.05) is 26.2 Å². The lowest BCUT2D eigenvalue weighted by atomic mass is 9.95. The topological polar surface area (TPSA) is 95.1 Å². The molecular formula is C22H28ClN7O. The molecule has 1 aromatic carbocycles. The number of rotatable bonds is 4. The molecule has 31 heavy (non-hydrogen) atoms. The maximum atomic E-state index is 6.27. The van der Waals surface area contributed by atoms with Crippen molar-refractivity contribution >= 4 is 23.3 Å². The molecule has 1 aromatic heterocycles. The lowest BCUT2D eigenvalue weighted by Gasteiger charge is -2.46. The molecule has 4 heterocycles. The molecule has 0 saturated carbocycles. The second-order valence-electron chi connectivity index (χ2n) is 8.52. The van der Waals surface area contributed by atoms with Crippen LogP contribution < -0.4 is 5.73 Å². The van der Waals surface area contributed by atoms with Crippen molar-refractivity contribution < 1.29 is 4.74 Å². The van der Waals surface area contributed by atoms with E-state index in [2.05, 4.69) is 42.3 Å². The van der Waals surface area contributed by atoms with Gasteiger partial charge in [0.15, 0.2) is 0 Å². The molecule has 2 atom stereocenters. The van der Waals surface area contributed by atoms with E-state index in [-0.39, 0.29) is 6.10 Å². The quantitative estimate of drug-likeness (QED) is 0.760. The summed E-state index contributed by atoms with van der Waals surface area (Å²) in [7, 11) is 0. The van der Waals surface area contributed by atoms with Gasteiger partial charge in [-0.25, -0.2) is 0 Å². The third-order valence-electron chi connectivity index (χ3n) is 6.52. The van der Waals surface area contributed by atoms with Crippen molar-refractivity contribution in [2.45, 2.75) is 43.9 Å². The molecular weight excluding hydrogens is 414 g/mol. The van der Waals surface area contributed by atoms with Gasteiger partial charge in [0.1, 0.15) is 17.8 Å². The van der Waals surface area contributed by atoms with Gasteiger partial charge < -0.3 is 15.4 Å². The van der Waals surface area contributed by atoms with E-state index in [1.165, 1.54) is 5.56 Å². The number of morpholine rings is 1. The average Bonchev–Trinajstić information content (AvgIpc) is 3.48. The van der Waals surface area contributed by atoms with Crippen LogP contribution in [0.4, 0.5) is 0 Å². The number of nitrogens with zero attached hydrogens (tertiary/aromatic N) is 5. The van der Waals surface area contributed by atoms with E-state index in [0.717, 1.165) is 55.4 Å². The third-order valence-corrected chi connectivity index (χ3v) is 6.77. The zero-order chi connectivity index (χ0) is 21.2. The van der Waals surface area contributed by atoms with Gasteiger partial charge in [-0.05, 0) is 43.0 Å². The van der Waals surface area contributed by atoms with Crippen LogP contribution in [0.3, 0.4) is 0 Å². The number of nitrogens with two attached hydrogens (primary N) is 1. The molecule has 5 rings (SSSR count). The molecule has 0 spiro atoms. The van der Waals surface area contributed by atoms with Crippen LogP contribution in [-0.2, 0) is 11.2 Å². The second-order valence-corrected chi connectivity index (χ2v) is 8.95. The summed E-state index contributed by atoms with van der Waals surface area (Å²) in [4.78, 5) is 4.99. The van der Waals surface area contributed by atoms with E-state index in [4.69, 9.17) is 22.1 Å². The van der Waals surface area contributed by atoms with Gasteiger partial charge in [0, 0.05) is 42.9 Å². The molecule has 0 aliphatic carbocycles. The van der Waals surface area contributed by atoms with Crippen LogP contribution in [0.1, 0.15) is 36.6 Å². The molecule has 0 unspecified atom stereocenters. The molecule has 2 saturated heterocycles. The van der Waals surface area contributed by atoms with Gasteiger partial charge in [-0.3, -0.25) is 10.00 Å². The number of H-pyrrole nitrogens is 1. The van der Waals surface area contributed by atoms with Gasteiger partial charge in [-0.2, -0.15) is 5.10 Å². The Labute approximate surface area is 187 Å². The fraction of sp³-hybridized carbons (Fsp3) is 0.500. The highest BCUT2D eigenvalue weighted by Gasteiger charge is 2.37. The number of halogens is 1. The van der Waals surface area contributed by atoms with Gasteiger partial charge in [0.05, 0.1) is 18.7 Å². The van der Waals surface area contributed by atoms with E-state index in [9.17, 15) is 0 Å². The smallest absolute Gasteiger partial charge is 0.135 e. The van der Waals surface area contributed by atoms with Crippen LogP contribution in [0.5, 0.6) is 0 Å². The van der Waals surface area contributed by atoms with Gasteiger partial charge in [0.25, 0.3) is 0 Å². The molecule has 2 fully saturated rings. The maximum Gasteiger partial charge on any atom is 0.135 e. The zero-order valence-corrected chi connectivity index (χ0v) is 18.2. The molecule has 0 radical (unpaired) electrons. The number of hydrogen-bond acceptors (Lipinski definition) is 7. The van der Waals surface area contributed by atoms with E-state index in [1.54, 1.807) is 6.20 Å². The van der Waals surface area contributed by atoms with Gasteiger partial charge in [0.2, 0.25) is 0 Å². The van der Waals surface area contributed by atoms with Crippen molar-refractivity contribution in [2.24, 2.45) is 15.9 Å². The van der Waals surface area contributed by atoms with Crippen LogP contribution in [0, 0.1) is 0 Å². The molecule has 0 bridgehead atoms. The van der Waals surface area contributed by atoms with E-state index in [1.807, 2.05) is 18.2 Å². The highest BCUT2D eigenvalue weighted by atomic mass is 35.5. The Balaban J connectivity index is 1.28. The molecule has 3 aliphatic rings. The second kappa shape index (κ2) is 8.98. The molecule has 3 N–H and O–H groups in total. The van der Waals surface area contributed by atoms with Crippen LogP contribution >= 0.6 is 11.6 Å². The normalized spacial score (nSPS) is 25.5. The monoisotopic (exact) mass is 441 g/mol. The van der Waals surface area contributed by atoms with Crippen molar-refractivity contribution in [1.29, 1.82) is 0 Å². The first-order valence-electron chi connectivity index (χ1n) is 10.9. The Morgan fingerprint density at radius 2 is 1.94 bits per heavy atom. The van der Waals surface area contributed by atoms with Crippen molar-refractivity contribution in [1.82, 2.24) is 20.0 Å². The fourth-order valence-electron chi connectivity index (χ4n) is 4.85. The van der Waals surface area contributed by atoms with E-state index in [0.29, 0.717) is 30.9 Å². The van der Waals surface area contributed by atoms with Crippen LogP contribution in [0.2, 0.25) is 5.02 Å². The maximum absolute atomic E-state index is 6.27. The number of ether oxygens (including phenoxy) is 1. The number of benzene rings is 1. The van der Waals surface area contributed by atoms with Gasteiger partial charge >= 0.3 is 0 Å². The van der Waals surface area contributed by atoms with Crippen molar-refractivity contribution in [3.63, 3.8) is 0 Å². The van der Waals surface area contributed by atoms with Crippen molar-refractivity contribution in [3.05, 3.63) is 52.8 Å². The van der Waals surface area contributed by atoms with Gasteiger partial charge in [-0.15, -0.1) is 10.2 Å². The summed E-state index contributed by atoms with van der Waals surface area (Å²) < 4.78 is 6.27. The lowest BCUT2D eigenvalue weighted by Crippen LogP contribution is -2.55. The molecule has 164 valence electrons. The third kappa shape index (κ3) is 4.61. The number of nitrogens with one attached hydrogen (secondary N) is 1. The Kier molecular flexibility index (Phi) is 5.93. The highest BCUT2D eigenvalue weighted by Crippen LogP contribution is 2.30. The first-order chi connectivity index (χ1) is 15.2. The SMILES string of the molecule is NC1=NN=C(N2CCC(N3C[C@H](c4ccn[nH]4)OC[C@@H]3Cc3ccc(Cl)cc3)CC2)C1. The van der Waals surface area contributed by atoms with E-state index >= 15 is 0 Å². The summed E-state index contributed by atoms with van der Waals surface area (Å²) in [5.41, 5.74) is 8.14. The number of amidine groups is 2. The summed E-state index contributed by atoms with van der Waals surface area (Å²) in [6.07, 6.45) is 5.61. The Hall–Kier alpha value is -2.42. The summed E-state index contributed by atoms with van der Waals surface area (Å²) in [5.74, 6) is 1.61. The Bertz CT molecular complexity index is 935. The Morgan fingerprint density at radius 3 is 2.61 bits per heavy atom. The van der Waals surface area contributed by atoms with Crippen LogP contribution in [0.15, 0.2) is 46.7 Å². The first kappa shape index (κ1) is 20.5. The molecule has 9 heteroatoms. The summed E-state index contributed by atoms with van der Waals surface area (Å²) >= 11 is 6.08. The van der Waals surface area contributed by atoms with Crippen molar-refractivity contribution in [3.8, 4) is 0 Å². The number of piperidine rings is 1. The minimum absolute atomic E-state index is 0.0226. The Morgan fingerprint density at radius 1 is 1.13 bits per heavy atom. The minimum atomic E-state index is 0.0226. The standard InChI is InChI=1S/C22H28ClN7O/c23-16-3-1-15(2-4-16)11-18-14-31-20(19-5-8-25-26-19)13-30(18)17-6-9-29(10-7-17)22-12-21(24)27-28-22/h1-5,8,17-18,20H,6-7,9-14H2,(H2,24,27)(H,25,26)/t18-,20+/m0/s1. The number of likely N-dealkylation sites (tertiary alicyclic amines) is 1. The summed E-state index contributed by atoms with van der Waals surface area (Å²) in [6, 6.07) is 11.0.